The third-order valence-electron chi connectivity index (χ3n) is 3.21. The predicted molar refractivity (Wildman–Crippen MR) is 65.2 cm³/mol. The monoisotopic (exact) mass is 228 g/mol. The van der Waals surface area contributed by atoms with Gasteiger partial charge >= 0.3 is 0 Å². The summed E-state index contributed by atoms with van der Waals surface area (Å²) in [5.74, 6) is 0.109. The van der Waals surface area contributed by atoms with E-state index in [0.717, 1.165) is 12.8 Å². The highest BCUT2D eigenvalue weighted by atomic mass is 16.1. The van der Waals surface area contributed by atoms with E-state index in [-0.39, 0.29) is 17.9 Å². The first-order valence-corrected chi connectivity index (χ1v) is 5.95. The van der Waals surface area contributed by atoms with Crippen LogP contribution in [-0.2, 0) is 17.6 Å². The van der Waals surface area contributed by atoms with Crippen molar-refractivity contribution in [2.45, 2.75) is 32.2 Å². The molecule has 0 fully saturated rings. The third-order valence-corrected chi connectivity index (χ3v) is 3.21. The van der Waals surface area contributed by atoms with Gasteiger partial charge in [0.1, 0.15) is 0 Å². The minimum Gasteiger partial charge on any atom is -0.352 e. The van der Waals surface area contributed by atoms with E-state index in [0.29, 0.717) is 6.42 Å². The summed E-state index contributed by atoms with van der Waals surface area (Å²) in [6.45, 7) is 1.86. The minimum absolute atomic E-state index is 0.0357. The lowest BCUT2D eigenvalue weighted by molar-refractivity contribution is -0.125. The van der Waals surface area contributed by atoms with Crippen LogP contribution >= 0.6 is 0 Å². The lowest BCUT2D eigenvalue weighted by Gasteiger charge is -2.14. The van der Waals surface area contributed by atoms with Crippen LogP contribution in [0.3, 0.4) is 0 Å². The quantitative estimate of drug-likeness (QED) is 0.858. The van der Waals surface area contributed by atoms with Crippen LogP contribution < -0.4 is 5.32 Å². The maximum absolute atomic E-state index is 12.0. The van der Waals surface area contributed by atoms with Gasteiger partial charge in [0, 0.05) is 12.0 Å². The number of amides is 1. The van der Waals surface area contributed by atoms with E-state index in [1.807, 2.05) is 19.1 Å². The number of rotatable bonds is 3. The van der Waals surface area contributed by atoms with Gasteiger partial charge in [-0.2, -0.15) is 5.26 Å². The maximum atomic E-state index is 12.0. The molecule has 3 heteroatoms. The highest BCUT2D eigenvalue weighted by Crippen LogP contribution is 2.26. The molecule has 17 heavy (non-hydrogen) atoms. The van der Waals surface area contributed by atoms with Crippen molar-refractivity contribution in [2.75, 3.05) is 0 Å². The molecule has 88 valence electrons. The molecule has 1 aromatic rings. The molecule has 0 aliphatic heterocycles. The fourth-order valence-corrected chi connectivity index (χ4v) is 2.29. The number of hydrogen-bond donors (Lipinski definition) is 1. The number of fused-ring (bicyclic) bond motifs is 1. The molecule has 0 bridgehead atoms. The van der Waals surface area contributed by atoms with Crippen LogP contribution in [-0.4, -0.2) is 11.9 Å². The normalized spacial score (nSPS) is 16.0. The summed E-state index contributed by atoms with van der Waals surface area (Å²) in [6.07, 6.45) is 2.01. The average Bonchev–Trinajstić information content (AvgIpc) is 2.72. The molecular formula is C14H16N2O. The molecule has 0 aromatic heterocycles. The molecular weight excluding hydrogens is 212 g/mol. The third kappa shape index (κ3) is 2.65. The Labute approximate surface area is 101 Å². The molecule has 1 amide bonds. The van der Waals surface area contributed by atoms with Gasteiger partial charge < -0.3 is 5.32 Å². The van der Waals surface area contributed by atoms with Crippen molar-refractivity contribution in [3.63, 3.8) is 0 Å². The van der Waals surface area contributed by atoms with Crippen molar-refractivity contribution in [3.05, 3.63) is 35.4 Å². The molecule has 1 aromatic carbocycles. The van der Waals surface area contributed by atoms with E-state index in [2.05, 4.69) is 23.5 Å². The Morgan fingerprint density at radius 3 is 2.59 bits per heavy atom. The second kappa shape index (κ2) is 5.01. The van der Waals surface area contributed by atoms with Crippen LogP contribution in [0, 0.1) is 17.2 Å². The van der Waals surface area contributed by atoms with Gasteiger partial charge in [-0.25, -0.2) is 0 Å². The molecule has 1 aliphatic rings. The summed E-state index contributed by atoms with van der Waals surface area (Å²) in [5, 5.41) is 11.5. The Morgan fingerprint density at radius 1 is 1.47 bits per heavy atom. The Kier molecular flexibility index (Phi) is 3.43. The molecule has 1 aliphatic carbocycles. The van der Waals surface area contributed by atoms with Crippen LogP contribution in [0.4, 0.5) is 0 Å². The van der Waals surface area contributed by atoms with Crippen LogP contribution in [0.25, 0.3) is 0 Å². The van der Waals surface area contributed by atoms with E-state index < -0.39 is 0 Å². The number of nitrogens with zero attached hydrogens (tertiary/aromatic N) is 1. The van der Waals surface area contributed by atoms with Gasteiger partial charge in [-0.1, -0.05) is 24.3 Å². The Morgan fingerprint density at radius 2 is 2.06 bits per heavy atom. The van der Waals surface area contributed by atoms with Gasteiger partial charge in [0.25, 0.3) is 0 Å². The van der Waals surface area contributed by atoms with E-state index in [9.17, 15) is 4.79 Å². The maximum Gasteiger partial charge on any atom is 0.224 e. The van der Waals surface area contributed by atoms with Crippen molar-refractivity contribution >= 4 is 5.91 Å². The molecule has 1 unspecified atom stereocenters. The van der Waals surface area contributed by atoms with Crippen molar-refractivity contribution in [2.24, 2.45) is 5.92 Å². The van der Waals surface area contributed by atoms with Crippen molar-refractivity contribution in [1.29, 1.82) is 5.26 Å². The second-order valence-corrected chi connectivity index (χ2v) is 4.65. The zero-order valence-corrected chi connectivity index (χ0v) is 9.94. The number of nitriles is 1. The zero-order valence-electron chi connectivity index (χ0n) is 9.94. The van der Waals surface area contributed by atoms with Crippen LogP contribution in [0.1, 0.15) is 24.5 Å². The van der Waals surface area contributed by atoms with E-state index >= 15 is 0 Å². The Hall–Kier alpha value is -1.82. The van der Waals surface area contributed by atoms with Gasteiger partial charge in [-0.05, 0) is 30.9 Å². The summed E-state index contributed by atoms with van der Waals surface area (Å²) < 4.78 is 0. The highest BCUT2D eigenvalue weighted by Gasteiger charge is 2.27. The molecule has 0 radical (unpaired) electrons. The van der Waals surface area contributed by atoms with Crippen LogP contribution in [0.2, 0.25) is 0 Å². The van der Waals surface area contributed by atoms with Crippen LogP contribution in [0.15, 0.2) is 24.3 Å². The fourth-order valence-electron chi connectivity index (χ4n) is 2.29. The first-order chi connectivity index (χ1) is 8.20. The van der Waals surface area contributed by atoms with E-state index in [1.54, 1.807) is 0 Å². The van der Waals surface area contributed by atoms with Gasteiger partial charge in [0.2, 0.25) is 5.91 Å². The van der Waals surface area contributed by atoms with Crippen molar-refractivity contribution in [3.8, 4) is 6.07 Å². The topological polar surface area (TPSA) is 52.9 Å². The Balaban J connectivity index is 1.95. The highest BCUT2D eigenvalue weighted by molar-refractivity contribution is 5.80. The summed E-state index contributed by atoms with van der Waals surface area (Å²) in [7, 11) is 0. The second-order valence-electron chi connectivity index (χ2n) is 4.65. The molecule has 0 spiro atoms. The predicted octanol–water partition coefficient (Wildman–Crippen LogP) is 1.82. The summed E-state index contributed by atoms with van der Waals surface area (Å²) in [5.41, 5.74) is 2.56. The fraction of sp³-hybridized carbons (Fsp3) is 0.429. The molecule has 0 saturated heterocycles. The number of carbonyl (C=O) groups is 1. The molecule has 0 saturated carbocycles. The number of hydrogen-bond acceptors (Lipinski definition) is 2. The van der Waals surface area contributed by atoms with Crippen molar-refractivity contribution < 1.29 is 4.79 Å². The average molecular weight is 228 g/mol. The lowest BCUT2D eigenvalue weighted by Crippen LogP contribution is -2.37. The van der Waals surface area contributed by atoms with Crippen molar-refractivity contribution in [1.82, 2.24) is 5.32 Å². The Bertz CT molecular complexity index is 437. The SMILES string of the molecule is CC(CC#N)NC(=O)C1Cc2ccccc2C1. The van der Waals surface area contributed by atoms with E-state index in [4.69, 9.17) is 5.26 Å². The zero-order chi connectivity index (χ0) is 12.3. The minimum atomic E-state index is -0.0591. The van der Waals surface area contributed by atoms with Gasteiger partial charge in [0.15, 0.2) is 0 Å². The molecule has 1 N–H and O–H groups in total. The number of benzene rings is 1. The van der Waals surface area contributed by atoms with Gasteiger partial charge in [0.05, 0.1) is 12.5 Å². The smallest absolute Gasteiger partial charge is 0.224 e. The largest absolute Gasteiger partial charge is 0.352 e. The van der Waals surface area contributed by atoms with Gasteiger partial charge in [-0.3, -0.25) is 4.79 Å². The summed E-state index contributed by atoms with van der Waals surface area (Å²) in [6, 6.07) is 10.2. The van der Waals surface area contributed by atoms with E-state index in [1.165, 1.54) is 11.1 Å². The first kappa shape index (κ1) is 11.7. The number of nitrogens with one attached hydrogen (secondary N) is 1. The van der Waals surface area contributed by atoms with Gasteiger partial charge in [-0.15, -0.1) is 0 Å². The molecule has 0 heterocycles. The summed E-state index contributed by atoms with van der Waals surface area (Å²) >= 11 is 0. The first-order valence-electron chi connectivity index (χ1n) is 5.95. The molecule has 1 atom stereocenters. The number of carbonyl (C=O) groups excluding carboxylic acids is 1. The lowest BCUT2D eigenvalue weighted by atomic mass is 10.0. The summed E-state index contributed by atoms with van der Waals surface area (Å²) in [4.78, 5) is 12.0. The van der Waals surface area contributed by atoms with Crippen LogP contribution in [0.5, 0.6) is 0 Å². The standard InChI is InChI=1S/C14H16N2O/c1-10(6-7-15)16-14(17)13-8-11-4-2-3-5-12(11)9-13/h2-5,10,13H,6,8-9H2,1H3,(H,16,17). The molecule has 3 nitrogen and oxygen atoms in total. The molecule has 2 rings (SSSR count).